The van der Waals surface area contributed by atoms with E-state index in [2.05, 4.69) is 6.07 Å². The lowest BCUT2D eigenvalue weighted by molar-refractivity contribution is -0.0933. The highest BCUT2D eigenvalue weighted by Crippen LogP contribution is 2.62. The Morgan fingerprint density at radius 3 is 2.58 bits per heavy atom. The monoisotopic (exact) mass is 261 g/mol. The minimum atomic E-state index is -1.02. The summed E-state index contributed by atoms with van der Waals surface area (Å²) in [6.45, 7) is 0.471. The van der Waals surface area contributed by atoms with Gasteiger partial charge >= 0.3 is 0 Å². The third-order valence-electron chi connectivity index (χ3n) is 3.72. The minimum absolute atomic E-state index is 0.235. The van der Waals surface area contributed by atoms with E-state index in [-0.39, 0.29) is 19.3 Å². The molecule has 3 rings (SSSR count). The quantitative estimate of drug-likeness (QED) is 0.767. The zero-order valence-electron chi connectivity index (χ0n) is 10.9. The van der Waals surface area contributed by atoms with Crippen LogP contribution in [0.25, 0.3) is 0 Å². The molecule has 5 nitrogen and oxygen atoms in total. The zero-order valence-corrected chi connectivity index (χ0v) is 10.9. The third-order valence-corrected chi connectivity index (χ3v) is 3.72. The average Bonchev–Trinajstić information content (AvgIpc) is 3.17. The Balaban J connectivity index is 2.09. The molecule has 2 atom stereocenters. The molecule has 5 heteroatoms. The van der Waals surface area contributed by atoms with Gasteiger partial charge in [0, 0.05) is 19.8 Å². The van der Waals surface area contributed by atoms with Gasteiger partial charge in [0.05, 0.1) is 13.2 Å². The maximum atomic E-state index is 9.54. The second-order valence-corrected chi connectivity index (χ2v) is 4.85. The van der Waals surface area contributed by atoms with Gasteiger partial charge in [0.2, 0.25) is 11.2 Å². The van der Waals surface area contributed by atoms with Gasteiger partial charge in [-0.25, -0.2) is 0 Å². The van der Waals surface area contributed by atoms with Crippen LogP contribution in [0, 0.1) is 11.3 Å². The van der Waals surface area contributed by atoms with Gasteiger partial charge in [-0.1, -0.05) is 18.2 Å². The van der Waals surface area contributed by atoms with E-state index < -0.39 is 11.2 Å². The first-order valence-electron chi connectivity index (χ1n) is 6.08. The summed E-state index contributed by atoms with van der Waals surface area (Å²) in [5.41, 5.74) is -1.04. The molecule has 0 N–H and O–H groups in total. The Labute approximate surface area is 111 Å². The van der Waals surface area contributed by atoms with Crippen LogP contribution in [0.15, 0.2) is 24.3 Å². The van der Waals surface area contributed by atoms with Crippen LogP contribution in [0.3, 0.4) is 0 Å². The fraction of sp³-hybridized carbons (Fsp3) is 0.500. The maximum Gasteiger partial charge on any atom is 0.229 e. The summed E-state index contributed by atoms with van der Waals surface area (Å²) in [6.07, 6.45) is -0.271. The molecular weight excluding hydrogens is 246 g/mol. The van der Waals surface area contributed by atoms with Gasteiger partial charge in [-0.3, -0.25) is 0 Å². The van der Waals surface area contributed by atoms with Crippen molar-refractivity contribution in [3.63, 3.8) is 0 Å². The molecule has 2 aliphatic heterocycles. The number of para-hydroxylation sites is 1. The number of methoxy groups -OCH3 is 2. The van der Waals surface area contributed by atoms with Crippen LogP contribution in [0.2, 0.25) is 0 Å². The number of epoxide rings is 1. The number of nitriles is 1. The van der Waals surface area contributed by atoms with Gasteiger partial charge in [-0.2, -0.15) is 5.26 Å². The topological polar surface area (TPSA) is 64.0 Å². The molecule has 1 fully saturated rings. The van der Waals surface area contributed by atoms with Crippen molar-refractivity contribution in [3.8, 4) is 11.8 Å². The van der Waals surface area contributed by atoms with E-state index in [0.29, 0.717) is 0 Å². The number of benzene rings is 1. The first-order valence-corrected chi connectivity index (χ1v) is 6.08. The Hall–Kier alpha value is -1.61. The SMILES string of the molecule is COCC1(COC)Oc2ccccc2[C@@H]2O[C@@]21C#N. The van der Waals surface area contributed by atoms with E-state index in [0.717, 1.165) is 11.3 Å². The highest BCUT2D eigenvalue weighted by molar-refractivity contribution is 5.49. The summed E-state index contributed by atoms with van der Waals surface area (Å²) in [7, 11) is 3.15. The molecule has 0 unspecified atom stereocenters. The second kappa shape index (κ2) is 4.20. The molecule has 1 aromatic rings. The van der Waals surface area contributed by atoms with Crippen LogP contribution in [0.1, 0.15) is 11.7 Å². The Bertz CT molecular complexity index is 532. The van der Waals surface area contributed by atoms with Gasteiger partial charge in [0.1, 0.15) is 17.9 Å². The van der Waals surface area contributed by atoms with Gasteiger partial charge in [0.25, 0.3) is 0 Å². The molecule has 0 amide bonds. The lowest BCUT2D eigenvalue weighted by Crippen LogP contribution is -2.58. The van der Waals surface area contributed by atoms with E-state index in [1.54, 1.807) is 14.2 Å². The van der Waals surface area contributed by atoms with Crippen molar-refractivity contribution in [2.75, 3.05) is 27.4 Å². The molecule has 100 valence electrons. The number of fused-ring (bicyclic) bond motifs is 3. The van der Waals surface area contributed by atoms with Crippen molar-refractivity contribution >= 4 is 0 Å². The molecule has 1 aromatic carbocycles. The first-order chi connectivity index (χ1) is 9.23. The van der Waals surface area contributed by atoms with E-state index in [1.165, 1.54) is 0 Å². The molecule has 0 aliphatic carbocycles. The van der Waals surface area contributed by atoms with E-state index in [1.807, 2.05) is 24.3 Å². The normalized spacial score (nSPS) is 29.6. The number of nitrogens with zero attached hydrogens (tertiary/aromatic N) is 1. The molecule has 2 aliphatic rings. The van der Waals surface area contributed by atoms with Crippen LogP contribution in [-0.2, 0) is 14.2 Å². The van der Waals surface area contributed by atoms with Crippen molar-refractivity contribution in [1.82, 2.24) is 0 Å². The van der Waals surface area contributed by atoms with Crippen LogP contribution < -0.4 is 4.74 Å². The minimum Gasteiger partial charge on any atom is -0.478 e. The van der Waals surface area contributed by atoms with Crippen molar-refractivity contribution in [2.24, 2.45) is 0 Å². The Kier molecular flexibility index (Phi) is 2.75. The van der Waals surface area contributed by atoms with Crippen molar-refractivity contribution in [1.29, 1.82) is 5.26 Å². The van der Waals surface area contributed by atoms with E-state index in [9.17, 15) is 5.26 Å². The molecule has 0 spiro atoms. The molecule has 0 bridgehead atoms. The summed E-state index contributed by atoms with van der Waals surface area (Å²) in [6, 6.07) is 9.84. The summed E-state index contributed by atoms with van der Waals surface area (Å²) in [4.78, 5) is 0. The Morgan fingerprint density at radius 1 is 1.26 bits per heavy atom. The van der Waals surface area contributed by atoms with Crippen molar-refractivity contribution in [2.45, 2.75) is 17.3 Å². The van der Waals surface area contributed by atoms with Crippen LogP contribution in [0.5, 0.6) is 5.75 Å². The van der Waals surface area contributed by atoms with Crippen LogP contribution in [-0.4, -0.2) is 38.6 Å². The van der Waals surface area contributed by atoms with Crippen LogP contribution >= 0.6 is 0 Å². The summed E-state index contributed by atoms with van der Waals surface area (Å²) >= 11 is 0. The molecular formula is C14H15NO4. The van der Waals surface area contributed by atoms with Crippen LogP contribution in [0.4, 0.5) is 0 Å². The van der Waals surface area contributed by atoms with Gasteiger partial charge in [-0.05, 0) is 6.07 Å². The molecule has 1 saturated heterocycles. The predicted molar refractivity (Wildman–Crippen MR) is 65.7 cm³/mol. The highest BCUT2D eigenvalue weighted by atomic mass is 16.7. The van der Waals surface area contributed by atoms with Gasteiger partial charge in [0.15, 0.2) is 0 Å². The maximum absolute atomic E-state index is 9.54. The third kappa shape index (κ3) is 1.51. The summed E-state index contributed by atoms with van der Waals surface area (Å²) in [5, 5.41) is 9.54. The molecule has 19 heavy (non-hydrogen) atoms. The lowest BCUT2D eigenvalue weighted by Gasteiger charge is -2.38. The van der Waals surface area contributed by atoms with E-state index in [4.69, 9.17) is 18.9 Å². The molecule has 0 saturated carbocycles. The van der Waals surface area contributed by atoms with Crippen molar-refractivity contribution < 1.29 is 18.9 Å². The fourth-order valence-electron chi connectivity index (χ4n) is 2.83. The van der Waals surface area contributed by atoms with Gasteiger partial charge in [-0.15, -0.1) is 0 Å². The number of hydrogen-bond acceptors (Lipinski definition) is 5. The summed E-state index contributed by atoms with van der Waals surface area (Å²) < 4.78 is 22.2. The van der Waals surface area contributed by atoms with Gasteiger partial charge < -0.3 is 18.9 Å². The van der Waals surface area contributed by atoms with E-state index >= 15 is 0 Å². The smallest absolute Gasteiger partial charge is 0.229 e. The predicted octanol–water partition coefficient (Wildman–Crippen LogP) is 1.44. The second-order valence-electron chi connectivity index (χ2n) is 4.85. The first kappa shape index (κ1) is 12.4. The number of ether oxygens (including phenoxy) is 4. The fourth-order valence-corrected chi connectivity index (χ4v) is 2.83. The van der Waals surface area contributed by atoms with Crippen molar-refractivity contribution in [3.05, 3.63) is 29.8 Å². The summed E-state index contributed by atoms with van der Waals surface area (Å²) in [5.74, 6) is 0.727. The largest absolute Gasteiger partial charge is 0.478 e. The standard InChI is InChI=1S/C14H15NO4/c1-16-8-13(9-17-2)14(7-15)12(19-14)10-5-3-4-6-11(10)18-13/h3-6,12H,8-9H2,1-2H3/t12-,14-/m0/s1. The lowest BCUT2D eigenvalue weighted by atomic mass is 9.81. The molecule has 2 heterocycles. The zero-order chi connectivity index (χ0) is 13.5. The number of rotatable bonds is 4. The molecule has 0 aromatic heterocycles. The number of hydrogen-bond donors (Lipinski definition) is 0. The average molecular weight is 261 g/mol. The highest BCUT2D eigenvalue weighted by Gasteiger charge is 2.75. The Morgan fingerprint density at radius 2 is 1.95 bits per heavy atom. The molecule has 0 radical (unpaired) electrons.